The molecule has 0 aromatic heterocycles. The summed E-state index contributed by atoms with van der Waals surface area (Å²) in [5, 5.41) is 9.02. The molecule has 2 aromatic rings. The molecule has 116 valence electrons. The number of hydrogen-bond acceptors (Lipinski definition) is 0. The summed E-state index contributed by atoms with van der Waals surface area (Å²) in [5.41, 5.74) is 2.42. The Kier molecular flexibility index (Phi) is 12.3. The van der Waals surface area contributed by atoms with Gasteiger partial charge in [-0.15, -0.1) is 12.1 Å². The third-order valence-corrected chi connectivity index (χ3v) is 3.14. The number of benzene rings is 2. The molecule has 2 atom stereocenters. The van der Waals surface area contributed by atoms with E-state index in [1.54, 1.807) is 0 Å². The van der Waals surface area contributed by atoms with Gasteiger partial charge in [-0.05, 0) is 0 Å². The zero-order valence-electron chi connectivity index (χ0n) is 12.7. The van der Waals surface area contributed by atoms with Gasteiger partial charge in [-0.2, -0.15) is 14.1 Å². The summed E-state index contributed by atoms with van der Waals surface area (Å²) in [5.74, 6) is 0. The van der Waals surface area contributed by atoms with Gasteiger partial charge in [0.1, 0.15) is 0 Å². The third-order valence-electron chi connectivity index (χ3n) is 3.14. The van der Waals surface area contributed by atoms with Gasteiger partial charge in [-0.1, -0.05) is 71.8 Å². The summed E-state index contributed by atoms with van der Waals surface area (Å²) in [4.78, 5) is 0. The molecular formula is C17H23IrN2O. The Labute approximate surface area is 141 Å². The Morgan fingerprint density at radius 3 is 1.19 bits per heavy atom. The molecule has 0 aliphatic carbocycles. The molecule has 0 saturated carbocycles. The molecular weight excluding hydrogens is 440 g/mol. The van der Waals surface area contributed by atoms with Crippen molar-refractivity contribution < 1.29 is 25.6 Å². The second-order valence-corrected chi connectivity index (χ2v) is 4.23. The van der Waals surface area contributed by atoms with Crippen molar-refractivity contribution in [3.8, 4) is 0 Å². The molecule has 0 fully saturated rings. The van der Waals surface area contributed by atoms with E-state index < -0.39 is 0 Å². The predicted molar refractivity (Wildman–Crippen MR) is 87.0 cm³/mol. The second kappa shape index (κ2) is 11.6. The molecule has 0 saturated heterocycles. The molecule has 3 nitrogen and oxygen atoms in total. The summed E-state index contributed by atoms with van der Waals surface area (Å²) >= 11 is 0. The average molecular weight is 464 g/mol. The molecule has 0 aliphatic rings. The normalized spacial score (nSPS) is 12.1. The van der Waals surface area contributed by atoms with E-state index in [4.69, 9.17) is 0 Å². The van der Waals surface area contributed by atoms with E-state index in [9.17, 15) is 0 Å². The van der Waals surface area contributed by atoms with E-state index in [1.807, 2.05) is 50.5 Å². The largest absolute Gasteiger partial charge is 3.00 e. The maximum atomic E-state index is 4.51. The standard InChI is InChI=1S/C16H18N2.CH3.Ir.H2O/c1-17-15(13-9-5-3-6-10-13)16(18-2)14-11-7-4-8-12-14;;;/h3-12,15-16H,1-2H3;1H3;;1H2/q-2;-1;+3;/t15-,16-;;;/m0.../s1. The van der Waals surface area contributed by atoms with Gasteiger partial charge in [-0.25, -0.2) is 0 Å². The number of rotatable bonds is 5. The summed E-state index contributed by atoms with van der Waals surface area (Å²) in [6.45, 7) is 0. The first kappa shape index (κ1) is 22.3. The number of hydrogen-bond donors (Lipinski definition) is 0. The number of likely N-dealkylation sites (N-methyl/N-ethyl adjacent to an activating group) is 2. The van der Waals surface area contributed by atoms with Gasteiger partial charge in [-0.3, -0.25) is 0 Å². The Morgan fingerprint density at radius 2 is 0.952 bits per heavy atom. The molecule has 0 unspecified atom stereocenters. The monoisotopic (exact) mass is 464 g/mol. The zero-order valence-corrected chi connectivity index (χ0v) is 15.1. The molecule has 0 aliphatic heterocycles. The Balaban J connectivity index is 0. The van der Waals surface area contributed by atoms with Crippen LogP contribution in [0.1, 0.15) is 23.2 Å². The zero-order chi connectivity index (χ0) is 12.8. The van der Waals surface area contributed by atoms with Crippen molar-refractivity contribution in [3.05, 3.63) is 89.9 Å². The number of nitrogens with zero attached hydrogens (tertiary/aromatic N) is 2. The van der Waals surface area contributed by atoms with Crippen LogP contribution in [-0.4, -0.2) is 19.6 Å². The van der Waals surface area contributed by atoms with Gasteiger partial charge in [0, 0.05) is 0 Å². The van der Waals surface area contributed by atoms with Crippen LogP contribution in [0.3, 0.4) is 0 Å². The van der Waals surface area contributed by atoms with Crippen LogP contribution in [0.5, 0.6) is 0 Å². The van der Waals surface area contributed by atoms with Gasteiger partial charge >= 0.3 is 20.1 Å². The minimum absolute atomic E-state index is 0. The molecule has 2 N–H and O–H groups in total. The molecule has 21 heavy (non-hydrogen) atoms. The van der Waals surface area contributed by atoms with Crippen LogP contribution in [0.2, 0.25) is 0 Å². The predicted octanol–water partition coefficient (Wildman–Crippen LogP) is 4.10. The van der Waals surface area contributed by atoms with Crippen molar-refractivity contribution in [2.24, 2.45) is 0 Å². The Morgan fingerprint density at radius 1 is 0.667 bits per heavy atom. The van der Waals surface area contributed by atoms with E-state index in [2.05, 4.69) is 34.9 Å². The van der Waals surface area contributed by atoms with E-state index in [-0.39, 0.29) is 45.1 Å². The van der Waals surface area contributed by atoms with Gasteiger partial charge in [0.25, 0.3) is 0 Å². The minimum Gasteiger partial charge on any atom is -0.659 e. The van der Waals surface area contributed by atoms with Crippen LogP contribution in [-0.2, 0) is 20.1 Å². The van der Waals surface area contributed by atoms with E-state index in [1.165, 1.54) is 11.1 Å². The van der Waals surface area contributed by atoms with Crippen LogP contribution in [0.25, 0.3) is 10.6 Å². The van der Waals surface area contributed by atoms with Crippen LogP contribution in [0.15, 0.2) is 60.7 Å². The van der Waals surface area contributed by atoms with Crippen LogP contribution < -0.4 is 0 Å². The van der Waals surface area contributed by atoms with E-state index >= 15 is 0 Å². The molecule has 0 amide bonds. The smallest absolute Gasteiger partial charge is 0.659 e. The molecule has 0 spiro atoms. The van der Waals surface area contributed by atoms with Crippen molar-refractivity contribution in [2.75, 3.05) is 14.1 Å². The van der Waals surface area contributed by atoms with Gasteiger partial charge in [0.15, 0.2) is 0 Å². The van der Waals surface area contributed by atoms with Gasteiger partial charge in [0.05, 0.1) is 0 Å². The summed E-state index contributed by atoms with van der Waals surface area (Å²) in [6, 6.07) is 20.8. The minimum atomic E-state index is 0. The van der Waals surface area contributed by atoms with Gasteiger partial charge < -0.3 is 23.5 Å². The quantitative estimate of drug-likeness (QED) is 0.600. The molecule has 0 bridgehead atoms. The SMILES string of the molecule is C[N-][C@@H](c1ccccc1)[C@@H]([N-]C)c1ccccc1.O.[CH3-].[Ir+3]. The first-order valence-corrected chi connectivity index (χ1v) is 6.14. The fraction of sp³-hybridized carbons (Fsp3) is 0.235. The average Bonchev–Trinajstić information content (AvgIpc) is 2.46. The van der Waals surface area contributed by atoms with Crippen molar-refractivity contribution in [3.63, 3.8) is 0 Å². The first-order chi connectivity index (χ1) is 8.86. The molecule has 4 heteroatoms. The van der Waals surface area contributed by atoms with Crippen molar-refractivity contribution in [2.45, 2.75) is 12.1 Å². The first-order valence-electron chi connectivity index (χ1n) is 6.14. The maximum Gasteiger partial charge on any atom is 3.00 e. The molecule has 2 rings (SSSR count). The summed E-state index contributed by atoms with van der Waals surface area (Å²) in [6.07, 6.45) is 0. The van der Waals surface area contributed by atoms with Gasteiger partial charge in [0.2, 0.25) is 0 Å². The van der Waals surface area contributed by atoms with Crippen molar-refractivity contribution >= 4 is 0 Å². The topological polar surface area (TPSA) is 59.7 Å². The summed E-state index contributed by atoms with van der Waals surface area (Å²) in [7, 11) is 3.72. The van der Waals surface area contributed by atoms with Crippen LogP contribution in [0.4, 0.5) is 0 Å². The Bertz CT molecular complexity index is 419. The molecule has 2 aromatic carbocycles. The van der Waals surface area contributed by atoms with Crippen molar-refractivity contribution in [1.82, 2.24) is 0 Å². The maximum absolute atomic E-state index is 4.51. The molecule has 0 radical (unpaired) electrons. The third kappa shape index (κ3) is 5.70. The van der Waals surface area contributed by atoms with E-state index in [0.717, 1.165) is 0 Å². The van der Waals surface area contributed by atoms with Crippen LogP contribution >= 0.6 is 0 Å². The van der Waals surface area contributed by atoms with Crippen LogP contribution in [0, 0.1) is 7.43 Å². The Hall–Kier alpha value is -1.03. The fourth-order valence-electron chi connectivity index (χ4n) is 2.25. The summed E-state index contributed by atoms with van der Waals surface area (Å²) < 4.78 is 0. The molecule has 0 heterocycles. The van der Waals surface area contributed by atoms with E-state index in [0.29, 0.717) is 0 Å². The van der Waals surface area contributed by atoms with Crippen molar-refractivity contribution in [1.29, 1.82) is 0 Å². The second-order valence-electron chi connectivity index (χ2n) is 4.23. The fourth-order valence-corrected chi connectivity index (χ4v) is 2.25.